The van der Waals surface area contributed by atoms with E-state index < -0.39 is 0 Å². The van der Waals surface area contributed by atoms with Crippen LogP contribution in [0.2, 0.25) is 0 Å². The van der Waals surface area contributed by atoms with Gasteiger partial charge in [-0.25, -0.2) is 0 Å². The van der Waals surface area contributed by atoms with Crippen LogP contribution in [0.15, 0.2) is 18.2 Å². The maximum atomic E-state index is 11.5. The molecule has 1 unspecified atom stereocenters. The first kappa shape index (κ1) is 15.6. The molecule has 1 N–H and O–H groups in total. The van der Waals surface area contributed by atoms with Gasteiger partial charge in [-0.15, -0.1) is 0 Å². The molecule has 1 aromatic rings. The second kappa shape index (κ2) is 6.76. The van der Waals surface area contributed by atoms with Crippen LogP contribution in [-0.4, -0.2) is 37.2 Å². The van der Waals surface area contributed by atoms with Gasteiger partial charge in [0.25, 0.3) is 0 Å². The number of nitrogens with one attached hydrogen (secondary N) is 1. The Balaban J connectivity index is 2.40. The van der Waals surface area contributed by atoms with Gasteiger partial charge in [-0.05, 0) is 45.9 Å². The molecule has 6 nitrogen and oxygen atoms in total. The predicted molar refractivity (Wildman–Crippen MR) is 83.2 cm³/mol. The zero-order valence-electron chi connectivity index (χ0n) is 12.8. The molecule has 116 valence electrons. The normalized spacial score (nSPS) is 18.3. The van der Waals surface area contributed by atoms with Crippen LogP contribution in [0.5, 0.6) is 5.75 Å². The van der Waals surface area contributed by atoms with Crippen molar-refractivity contribution in [1.29, 1.82) is 0 Å². The number of nitro benzene ring substituents is 1. The number of para-hydroxylation sites is 1. The van der Waals surface area contributed by atoms with Crippen molar-refractivity contribution in [3.63, 3.8) is 0 Å². The molecule has 1 fully saturated rings. The highest BCUT2D eigenvalue weighted by Crippen LogP contribution is 2.40. The van der Waals surface area contributed by atoms with E-state index in [-0.39, 0.29) is 16.7 Å². The van der Waals surface area contributed by atoms with E-state index in [1.54, 1.807) is 6.07 Å². The Hall–Kier alpha value is -1.82. The molecule has 0 spiro atoms. The number of nitro groups is 1. The van der Waals surface area contributed by atoms with Crippen LogP contribution in [0.4, 0.5) is 11.4 Å². The summed E-state index contributed by atoms with van der Waals surface area (Å²) in [6.45, 7) is 5.41. The first-order valence-electron chi connectivity index (χ1n) is 7.40. The third kappa shape index (κ3) is 3.44. The molecular formula is C15H23N3O3. The van der Waals surface area contributed by atoms with Gasteiger partial charge in [-0.1, -0.05) is 6.07 Å². The molecule has 0 bridgehead atoms. The summed E-state index contributed by atoms with van der Waals surface area (Å²) < 4.78 is 5.62. The summed E-state index contributed by atoms with van der Waals surface area (Å²) >= 11 is 0. The van der Waals surface area contributed by atoms with Gasteiger partial charge < -0.3 is 15.0 Å². The smallest absolute Gasteiger partial charge is 0.333 e. The first-order valence-corrected chi connectivity index (χ1v) is 7.40. The Kier molecular flexibility index (Phi) is 5.01. The van der Waals surface area contributed by atoms with Gasteiger partial charge in [0, 0.05) is 19.1 Å². The lowest BCUT2D eigenvalue weighted by molar-refractivity contribution is -0.385. The lowest BCUT2D eigenvalue weighted by Gasteiger charge is -2.27. The van der Waals surface area contributed by atoms with Crippen molar-refractivity contribution < 1.29 is 9.66 Å². The Labute approximate surface area is 125 Å². The maximum absolute atomic E-state index is 11.5. The average molecular weight is 293 g/mol. The van der Waals surface area contributed by atoms with Crippen molar-refractivity contribution in [2.75, 3.05) is 25.0 Å². The molecule has 2 rings (SSSR count). The summed E-state index contributed by atoms with van der Waals surface area (Å²) in [5.41, 5.74) is 0.741. The quantitative estimate of drug-likeness (QED) is 0.645. The molecule has 0 aromatic heterocycles. The standard InChI is InChI=1S/C15H23N3O3/c1-11(2)21-14-8-4-7-13(15(14)18(19)20)17-9-5-6-12(17)10-16-3/h4,7-8,11-12,16H,5-6,9-10H2,1-3H3. The molecule has 1 heterocycles. The van der Waals surface area contributed by atoms with Gasteiger partial charge in [-0.2, -0.15) is 0 Å². The Morgan fingerprint density at radius 1 is 1.52 bits per heavy atom. The molecule has 0 saturated carbocycles. The summed E-state index contributed by atoms with van der Waals surface area (Å²) in [6.07, 6.45) is 2.01. The van der Waals surface area contributed by atoms with E-state index in [0.29, 0.717) is 17.5 Å². The van der Waals surface area contributed by atoms with Gasteiger partial charge in [0.05, 0.1) is 11.0 Å². The molecule has 1 aliphatic heterocycles. The molecule has 1 aliphatic rings. The molecule has 21 heavy (non-hydrogen) atoms. The summed E-state index contributed by atoms with van der Waals surface area (Å²) in [4.78, 5) is 13.3. The van der Waals surface area contributed by atoms with Crippen LogP contribution >= 0.6 is 0 Å². The van der Waals surface area contributed by atoms with Gasteiger partial charge in [0.1, 0.15) is 5.69 Å². The minimum atomic E-state index is -0.332. The van der Waals surface area contributed by atoms with E-state index in [1.807, 2.05) is 33.0 Å². The summed E-state index contributed by atoms with van der Waals surface area (Å²) in [6, 6.07) is 5.61. The zero-order valence-corrected chi connectivity index (χ0v) is 12.8. The van der Waals surface area contributed by atoms with Gasteiger partial charge in [0.2, 0.25) is 0 Å². The number of hydrogen-bond donors (Lipinski definition) is 1. The van der Waals surface area contributed by atoms with E-state index in [2.05, 4.69) is 10.2 Å². The predicted octanol–water partition coefficient (Wildman–Crippen LogP) is 2.57. The van der Waals surface area contributed by atoms with E-state index in [4.69, 9.17) is 4.74 Å². The lowest BCUT2D eigenvalue weighted by Crippen LogP contribution is -2.37. The minimum absolute atomic E-state index is 0.0780. The van der Waals surface area contributed by atoms with Gasteiger partial charge in [0.15, 0.2) is 5.75 Å². The van der Waals surface area contributed by atoms with Crippen LogP contribution in [0.25, 0.3) is 0 Å². The number of benzene rings is 1. The monoisotopic (exact) mass is 293 g/mol. The lowest BCUT2D eigenvalue weighted by atomic mass is 10.2. The molecule has 0 amide bonds. The first-order chi connectivity index (χ1) is 10.0. The molecule has 1 atom stereocenters. The highest BCUT2D eigenvalue weighted by atomic mass is 16.6. The van der Waals surface area contributed by atoms with Gasteiger partial charge in [-0.3, -0.25) is 10.1 Å². The fourth-order valence-electron chi connectivity index (χ4n) is 2.88. The summed E-state index contributed by atoms with van der Waals surface area (Å²) in [5.74, 6) is 0.350. The number of anilines is 1. The number of nitrogens with zero attached hydrogens (tertiary/aromatic N) is 2. The molecule has 1 aromatic carbocycles. The Morgan fingerprint density at radius 3 is 2.90 bits per heavy atom. The molecule has 0 radical (unpaired) electrons. The molecule has 0 aliphatic carbocycles. The largest absolute Gasteiger partial charge is 0.484 e. The van der Waals surface area contributed by atoms with Gasteiger partial charge >= 0.3 is 5.69 Å². The molecular weight excluding hydrogens is 270 g/mol. The molecule has 1 saturated heterocycles. The summed E-state index contributed by atoms with van der Waals surface area (Å²) in [5, 5.41) is 14.7. The topological polar surface area (TPSA) is 67.6 Å². The van der Waals surface area contributed by atoms with Crippen LogP contribution in [0.3, 0.4) is 0 Å². The molecule has 6 heteroatoms. The second-order valence-electron chi connectivity index (χ2n) is 5.59. The number of ether oxygens (including phenoxy) is 1. The van der Waals surface area contributed by atoms with Crippen molar-refractivity contribution in [3.8, 4) is 5.75 Å². The Bertz CT molecular complexity index is 505. The third-order valence-corrected chi connectivity index (χ3v) is 3.65. The maximum Gasteiger partial charge on any atom is 0.333 e. The number of hydrogen-bond acceptors (Lipinski definition) is 5. The Morgan fingerprint density at radius 2 is 2.29 bits per heavy atom. The van der Waals surface area contributed by atoms with Crippen molar-refractivity contribution in [2.45, 2.75) is 38.8 Å². The van der Waals surface area contributed by atoms with Crippen molar-refractivity contribution >= 4 is 11.4 Å². The zero-order chi connectivity index (χ0) is 15.4. The van der Waals surface area contributed by atoms with Crippen LogP contribution in [-0.2, 0) is 0 Å². The fraction of sp³-hybridized carbons (Fsp3) is 0.600. The third-order valence-electron chi connectivity index (χ3n) is 3.65. The van der Waals surface area contributed by atoms with Crippen LogP contribution in [0.1, 0.15) is 26.7 Å². The second-order valence-corrected chi connectivity index (χ2v) is 5.59. The van der Waals surface area contributed by atoms with Crippen molar-refractivity contribution in [2.24, 2.45) is 0 Å². The van der Waals surface area contributed by atoms with Crippen LogP contribution in [0, 0.1) is 10.1 Å². The fourth-order valence-corrected chi connectivity index (χ4v) is 2.88. The van der Waals surface area contributed by atoms with E-state index in [1.165, 1.54) is 0 Å². The van der Waals surface area contributed by atoms with E-state index in [9.17, 15) is 10.1 Å². The average Bonchev–Trinajstić information content (AvgIpc) is 2.86. The van der Waals surface area contributed by atoms with Crippen LogP contribution < -0.4 is 15.0 Å². The van der Waals surface area contributed by atoms with Crippen molar-refractivity contribution in [1.82, 2.24) is 5.32 Å². The summed E-state index contributed by atoms with van der Waals surface area (Å²) in [7, 11) is 1.91. The number of rotatable bonds is 6. The highest BCUT2D eigenvalue weighted by Gasteiger charge is 2.31. The number of likely N-dealkylation sites (N-methyl/N-ethyl adjacent to an activating group) is 1. The van der Waals surface area contributed by atoms with E-state index in [0.717, 1.165) is 25.9 Å². The van der Waals surface area contributed by atoms with Crippen molar-refractivity contribution in [3.05, 3.63) is 28.3 Å². The van der Waals surface area contributed by atoms with E-state index >= 15 is 0 Å². The SMILES string of the molecule is CNCC1CCCN1c1cccc(OC(C)C)c1[N+](=O)[O-]. The highest BCUT2D eigenvalue weighted by molar-refractivity contribution is 5.70. The minimum Gasteiger partial charge on any atom is -0.484 e.